The number of likely N-dealkylation sites (tertiary alicyclic amines) is 1. The first-order valence-corrected chi connectivity index (χ1v) is 8.24. The number of nitrogens with zero attached hydrogens (tertiary/aromatic N) is 1. The summed E-state index contributed by atoms with van der Waals surface area (Å²) in [5.41, 5.74) is 0.835. The second-order valence-corrected chi connectivity index (χ2v) is 7.05. The standard InChI is InChI=1S/C12H16ClFN2O2S/c1-19(17,18)15-10-4-5-16(8-10)7-9-2-3-11(13)12(14)6-9/h2-3,6,10,15H,4-5,7-8H2,1H3/t10-/m1/s1. The zero-order chi connectivity index (χ0) is 14.0. The molecule has 0 saturated carbocycles. The van der Waals surface area contributed by atoms with Crippen molar-refractivity contribution in [2.45, 2.75) is 19.0 Å². The minimum atomic E-state index is -3.17. The van der Waals surface area contributed by atoms with Crippen molar-refractivity contribution in [1.29, 1.82) is 0 Å². The Morgan fingerprint density at radius 1 is 1.53 bits per heavy atom. The van der Waals surface area contributed by atoms with Crippen LogP contribution in [0.15, 0.2) is 18.2 Å². The van der Waals surface area contributed by atoms with Crippen molar-refractivity contribution in [1.82, 2.24) is 9.62 Å². The van der Waals surface area contributed by atoms with Crippen molar-refractivity contribution in [2.75, 3.05) is 19.3 Å². The van der Waals surface area contributed by atoms with E-state index < -0.39 is 15.8 Å². The third-order valence-corrected chi connectivity index (χ3v) is 4.11. The van der Waals surface area contributed by atoms with Crippen molar-refractivity contribution in [3.63, 3.8) is 0 Å². The highest BCUT2D eigenvalue weighted by Gasteiger charge is 2.24. The molecule has 1 fully saturated rings. The summed E-state index contributed by atoms with van der Waals surface area (Å²) in [5.74, 6) is -0.427. The van der Waals surface area contributed by atoms with Crippen LogP contribution in [-0.4, -0.2) is 38.7 Å². The molecule has 0 spiro atoms. The molecule has 1 aromatic carbocycles. The maximum Gasteiger partial charge on any atom is 0.208 e. The molecule has 0 bridgehead atoms. The lowest BCUT2D eigenvalue weighted by Crippen LogP contribution is -2.36. The maximum atomic E-state index is 13.3. The number of benzene rings is 1. The third-order valence-electron chi connectivity index (χ3n) is 3.04. The Bertz CT molecular complexity index is 565. The van der Waals surface area contributed by atoms with Crippen LogP contribution in [-0.2, 0) is 16.6 Å². The molecular formula is C12H16ClFN2O2S. The lowest BCUT2D eigenvalue weighted by molar-refractivity contribution is 0.324. The maximum absolute atomic E-state index is 13.3. The van der Waals surface area contributed by atoms with Gasteiger partial charge in [0.25, 0.3) is 0 Å². The highest BCUT2D eigenvalue weighted by atomic mass is 35.5. The molecule has 0 amide bonds. The Kier molecular flexibility index (Phi) is 4.45. The molecule has 1 atom stereocenters. The molecule has 19 heavy (non-hydrogen) atoms. The molecule has 4 nitrogen and oxygen atoms in total. The van der Waals surface area contributed by atoms with Gasteiger partial charge in [-0.25, -0.2) is 17.5 Å². The number of rotatable bonds is 4. The zero-order valence-electron chi connectivity index (χ0n) is 10.6. The van der Waals surface area contributed by atoms with Gasteiger partial charge in [0.15, 0.2) is 0 Å². The van der Waals surface area contributed by atoms with E-state index >= 15 is 0 Å². The Labute approximate surface area is 117 Å². The molecule has 0 unspecified atom stereocenters. The van der Waals surface area contributed by atoms with Crippen molar-refractivity contribution in [3.8, 4) is 0 Å². The van der Waals surface area contributed by atoms with Crippen LogP contribution in [0.25, 0.3) is 0 Å². The zero-order valence-corrected chi connectivity index (χ0v) is 12.1. The van der Waals surface area contributed by atoms with Gasteiger partial charge in [0.1, 0.15) is 5.82 Å². The molecule has 106 valence electrons. The predicted octanol–water partition coefficient (Wildman–Crippen LogP) is 1.60. The van der Waals surface area contributed by atoms with Crippen molar-refractivity contribution in [2.24, 2.45) is 0 Å². The molecule has 0 aromatic heterocycles. The third kappa shape index (κ3) is 4.42. The molecule has 2 rings (SSSR count). The topological polar surface area (TPSA) is 49.4 Å². The average molecular weight is 307 g/mol. The van der Waals surface area contributed by atoms with Gasteiger partial charge in [-0.3, -0.25) is 4.90 Å². The van der Waals surface area contributed by atoms with Gasteiger partial charge in [-0.15, -0.1) is 0 Å². The first-order chi connectivity index (χ1) is 8.83. The smallest absolute Gasteiger partial charge is 0.208 e. The summed E-state index contributed by atoms with van der Waals surface area (Å²) in [5, 5.41) is 0.113. The van der Waals surface area contributed by atoms with Crippen molar-refractivity contribution in [3.05, 3.63) is 34.6 Å². The fraction of sp³-hybridized carbons (Fsp3) is 0.500. The first-order valence-electron chi connectivity index (χ1n) is 5.97. The lowest BCUT2D eigenvalue weighted by Gasteiger charge is -2.16. The van der Waals surface area contributed by atoms with Gasteiger partial charge in [-0.1, -0.05) is 17.7 Å². The SMILES string of the molecule is CS(=O)(=O)N[C@@H]1CCN(Cc2ccc(Cl)c(F)c2)C1. The highest BCUT2D eigenvalue weighted by Crippen LogP contribution is 2.19. The van der Waals surface area contributed by atoms with Crippen LogP contribution in [0, 0.1) is 5.82 Å². The van der Waals surface area contributed by atoms with Crippen LogP contribution in [0.2, 0.25) is 5.02 Å². The minimum Gasteiger partial charge on any atom is -0.297 e. The molecule has 1 aromatic rings. The van der Waals surface area contributed by atoms with E-state index in [1.54, 1.807) is 6.07 Å². The Balaban J connectivity index is 1.93. The van der Waals surface area contributed by atoms with Gasteiger partial charge in [0, 0.05) is 25.7 Å². The first kappa shape index (κ1) is 14.7. The van der Waals surface area contributed by atoms with E-state index in [2.05, 4.69) is 9.62 Å². The van der Waals surface area contributed by atoms with Crippen LogP contribution < -0.4 is 4.72 Å². The summed E-state index contributed by atoms with van der Waals surface area (Å²) >= 11 is 5.63. The summed E-state index contributed by atoms with van der Waals surface area (Å²) < 4.78 is 38.2. The fourth-order valence-electron chi connectivity index (χ4n) is 2.27. The van der Waals surface area contributed by atoms with Crippen molar-refractivity contribution < 1.29 is 12.8 Å². The van der Waals surface area contributed by atoms with E-state index in [1.807, 2.05) is 0 Å². The highest BCUT2D eigenvalue weighted by molar-refractivity contribution is 7.88. The number of hydrogen-bond donors (Lipinski definition) is 1. The van der Waals surface area contributed by atoms with Crippen LogP contribution in [0.1, 0.15) is 12.0 Å². The monoisotopic (exact) mass is 306 g/mol. The largest absolute Gasteiger partial charge is 0.297 e. The van der Waals surface area contributed by atoms with E-state index in [9.17, 15) is 12.8 Å². The van der Waals surface area contributed by atoms with Gasteiger partial charge in [-0.2, -0.15) is 0 Å². The molecule has 1 aliphatic heterocycles. The van der Waals surface area contributed by atoms with Gasteiger partial charge < -0.3 is 0 Å². The molecule has 0 radical (unpaired) electrons. The molecular weight excluding hydrogens is 291 g/mol. The van der Waals surface area contributed by atoms with Gasteiger partial charge in [0.2, 0.25) is 10.0 Å². The van der Waals surface area contributed by atoms with Crippen molar-refractivity contribution >= 4 is 21.6 Å². The van der Waals surface area contributed by atoms with Gasteiger partial charge in [-0.05, 0) is 24.1 Å². The molecule has 1 N–H and O–H groups in total. The Morgan fingerprint density at radius 3 is 2.89 bits per heavy atom. The summed E-state index contributed by atoms with van der Waals surface area (Å²) in [7, 11) is -3.17. The van der Waals surface area contributed by atoms with Crippen LogP contribution >= 0.6 is 11.6 Å². The normalized spacial score (nSPS) is 20.9. The number of hydrogen-bond acceptors (Lipinski definition) is 3. The molecule has 1 heterocycles. The average Bonchev–Trinajstić information content (AvgIpc) is 2.68. The number of nitrogens with one attached hydrogen (secondary N) is 1. The van der Waals surface area contributed by atoms with Crippen LogP contribution in [0.3, 0.4) is 0 Å². The fourth-order valence-corrected chi connectivity index (χ4v) is 3.19. The van der Waals surface area contributed by atoms with E-state index in [0.29, 0.717) is 13.1 Å². The molecule has 1 aliphatic rings. The second kappa shape index (κ2) is 5.75. The Hall–Kier alpha value is -0.690. The van der Waals surface area contributed by atoms with E-state index in [4.69, 9.17) is 11.6 Å². The summed E-state index contributed by atoms with van der Waals surface area (Å²) in [4.78, 5) is 2.09. The lowest BCUT2D eigenvalue weighted by atomic mass is 10.2. The summed E-state index contributed by atoms with van der Waals surface area (Å²) in [6.45, 7) is 2.02. The second-order valence-electron chi connectivity index (χ2n) is 4.86. The minimum absolute atomic E-state index is 0.0628. The van der Waals surface area contributed by atoms with E-state index in [-0.39, 0.29) is 11.1 Å². The quantitative estimate of drug-likeness (QED) is 0.919. The van der Waals surface area contributed by atoms with Gasteiger partial charge in [0.05, 0.1) is 11.3 Å². The summed E-state index contributed by atoms with van der Waals surface area (Å²) in [6.07, 6.45) is 1.92. The molecule has 0 aliphatic carbocycles. The van der Waals surface area contributed by atoms with Crippen LogP contribution in [0.5, 0.6) is 0 Å². The molecule has 7 heteroatoms. The van der Waals surface area contributed by atoms with Crippen LogP contribution in [0.4, 0.5) is 4.39 Å². The van der Waals surface area contributed by atoms with E-state index in [1.165, 1.54) is 12.1 Å². The number of sulfonamides is 1. The predicted molar refractivity (Wildman–Crippen MR) is 73.1 cm³/mol. The Morgan fingerprint density at radius 2 is 2.26 bits per heavy atom. The summed E-state index contributed by atoms with van der Waals surface area (Å²) in [6, 6.07) is 4.67. The molecule has 1 saturated heterocycles. The van der Waals surface area contributed by atoms with Gasteiger partial charge >= 0.3 is 0 Å². The number of halogens is 2. The van der Waals surface area contributed by atoms with E-state index in [0.717, 1.165) is 24.8 Å².